The number of methoxy groups -OCH3 is 1. The minimum absolute atomic E-state index is 0.0489. The van der Waals surface area contributed by atoms with Crippen LogP contribution in [-0.4, -0.2) is 29.1 Å². The predicted octanol–water partition coefficient (Wildman–Crippen LogP) is 9.02. The summed E-state index contributed by atoms with van der Waals surface area (Å²) in [6.07, 6.45) is 12.5. The summed E-state index contributed by atoms with van der Waals surface area (Å²) in [7, 11) is 1.68. The smallest absolute Gasteiger partial charge is 0.184 e. The molecule has 0 amide bonds. The Morgan fingerprint density at radius 1 is 0.805 bits per heavy atom. The third kappa shape index (κ3) is 6.95. The summed E-state index contributed by atoms with van der Waals surface area (Å²) >= 11 is 1.26. The highest BCUT2D eigenvalue weighted by Crippen LogP contribution is 2.35. The molecule has 0 atom stereocenters. The molecule has 1 saturated heterocycles. The second-order valence-electron chi connectivity index (χ2n) is 11.5. The molecule has 5 rings (SSSR count). The van der Waals surface area contributed by atoms with E-state index in [0.29, 0.717) is 13.2 Å². The third-order valence-corrected chi connectivity index (χ3v) is 7.96. The van der Waals surface area contributed by atoms with E-state index < -0.39 is 0 Å². The molecule has 6 heteroatoms. The van der Waals surface area contributed by atoms with Crippen molar-refractivity contribution in [2.24, 2.45) is 5.41 Å². The van der Waals surface area contributed by atoms with Gasteiger partial charge in [-0.1, -0.05) is 95.2 Å². The molecule has 5 nitrogen and oxygen atoms in total. The van der Waals surface area contributed by atoms with Gasteiger partial charge in [0.2, 0.25) is 0 Å². The van der Waals surface area contributed by atoms with Gasteiger partial charge in [0.15, 0.2) is 6.29 Å². The van der Waals surface area contributed by atoms with Crippen LogP contribution in [0.2, 0.25) is 0 Å². The molecule has 4 aromatic rings. The molecule has 0 aliphatic carbocycles. The lowest BCUT2D eigenvalue weighted by molar-refractivity contribution is -0.226. The summed E-state index contributed by atoms with van der Waals surface area (Å²) in [6, 6.07) is 17.0. The van der Waals surface area contributed by atoms with Crippen molar-refractivity contribution in [3.63, 3.8) is 0 Å². The van der Waals surface area contributed by atoms with E-state index >= 15 is 0 Å². The van der Waals surface area contributed by atoms with Crippen LogP contribution in [0.3, 0.4) is 0 Å². The van der Waals surface area contributed by atoms with E-state index in [0.717, 1.165) is 59.2 Å². The zero-order valence-electron chi connectivity index (χ0n) is 24.8. The number of aromatic nitrogens is 2. The number of rotatable bonds is 10. The van der Waals surface area contributed by atoms with Gasteiger partial charge in [-0.2, -0.15) is 8.75 Å². The van der Waals surface area contributed by atoms with Crippen LogP contribution in [0.5, 0.6) is 5.75 Å². The summed E-state index contributed by atoms with van der Waals surface area (Å²) in [4.78, 5) is 0. The predicted molar refractivity (Wildman–Crippen MR) is 171 cm³/mol. The van der Waals surface area contributed by atoms with Crippen molar-refractivity contribution < 1.29 is 14.2 Å². The summed E-state index contributed by atoms with van der Waals surface area (Å²) in [5, 5.41) is 0. The van der Waals surface area contributed by atoms with Gasteiger partial charge in [0.1, 0.15) is 16.8 Å². The molecule has 0 N–H and O–H groups in total. The maximum absolute atomic E-state index is 6.21. The number of aryl methyl sites for hydroxylation is 2. The molecule has 0 radical (unpaired) electrons. The van der Waals surface area contributed by atoms with Gasteiger partial charge in [-0.15, -0.1) is 0 Å². The second kappa shape index (κ2) is 13.1. The van der Waals surface area contributed by atoms with Crippen LogP contribution in [-0.2, 0) is 22.3 Å². The van der Waals surface area contributed by atoms with Gasteiger partial charge in [0.25, 0.3) is 0 Å². The minimum atomic E-state index is -0.294. The van der Waals surface area contributed by atoms with Crippen LogP contribution in [0.25, 0.3) is 35.3 Å². The van der Waals surface area contributed by atoms with Gasteiger partial charge in [-0.05, 0) is 53.3 Å². The Balaban J connectivity index is 1.44. The molecule has 2 heterocycles. The van der Waals surface area contributed by atoms with Gasteiger partial charge in [-0.3, -0.25) is 0 Å². The molecule has 0 unspecified atom stereocenters. The monoisotopic (exact) mass is 568 g/mol. The Kier molecular flexibility index (Phi) is 9.33. The van der Waals surface area contributed by atoms with Crippen molar-refractivity contribution in [1.29, 1.82) is 0 Å². The Morgan fingerprint density at radius 2 is 1.39 bits per heavy atom. The van der Waals surface area contributed by atoms with Crippen molar-refractivity contribution in [3.8, 4) is 5.75 Å². The first-order valence-corrected chi connectivity index (χ1v) is 15.3. The maximum Gasteiger partial charge on any atom is 0.184 e. The molecule has 214 valence electrons. The van der Waals surface area contributed by atoms with Gasteiger partial charge < -0.3 is 14.2 Å². The quantitative estimate of drug-likeness (QED) is 0.179. The molecule has 1 fully saturated rings. The third-order valence-electron chi connectivity index (χ3n) is 7.44. The maximum atomic E-state index is 6.21. The number of ether oxygens (including phenoxy) is 3. The van der Waals surface area contributed by atoms with Crippen LogP contribution < -0.4 is 4.74 Å². The molecular weight excluding hydrogens is 528 g/mol. The van der Waals surface area contributed by atoms with Gasteiger partial charge in [0, 0.05) is 22.1 Å². The Labute approximate surface area is 248 Å². The summed E-state index contributed by atoms with van der Waals surface area (Å²) in [6.45, 7) is 10.2. The highest BCUT2D eigenvalue weighted by atomic mass is 32.1. The van der Waals surface area contributed by atoms with E-state index in [1.165, 1.54) is 34.0 Å². The lowest BCUT2D eigenvalue weighted by atomic mass is 9.91. The first-order chi connectivity index (χ1) is 19.9. The molecule has 1 aliphatic rings. The molecular formula is C35H40N2O3S. The Bertz CT molecular complexity index is 1530. The van der Waals surface area contributed by atoms with Crippen LogP contribution in [0.1, 0.15) is 85.8 Å². The molecule has 3 aromatic carbocycles. The molecule has 0 saturated carbocycles. The van der Waals surface area contributed by atoms with E-state index in [1.54, 1.807) is 7.11 Å². The average Bonchev–Trinajstić information content (AvgIpc) is 3.47. The number of benzene rings is 3. The highest BCUT2D eigenvalue weighted by molar-refractivity contribution is 7.00. The molecule has 1 aromatic heterocycles. The zero-order valence-corrected chi connectivity index (χ0v) is 25.6. The standard InChI is InChI=1S/C35H40N2O3S/c1-6-8-27-21-31(34-39-22-35(3,4)23-40-34)29(9-7-2)20-28(27)17-16-26-15-14-25(32-33(26)37-41-36-32)13-10-24-11-18-30(38-5)19-12-24/h10-21,34H,6-9,22-23H2,1-5H3/b13-10+,17-16+. The van der Waals surface area contributed by atoms with E-state index in [2.05, 4.69) is 85.0 Å². The van der Waals surface area contributed by atoms with Crippen molar-refractivity contribution in [3.05, 3.63) is 87.5 Å². The van der Waals surface area contributed by atoms with Crippen molar-refractivity contribution in [2.75, 3.05) is 20.3 Å². The number of hydrogen-bond acceptors (Lipinski definition) is 6. The SMILES string of the molecule is CCCc1cc(C2OCC(C)(C)CO2)c(CCC)cc1/C=C/c1ccc(/C=C/c2ccc(OC)cc2)c2nsnc12. The minimum Gasteiger partial charge on any atom is -0.497 e. The van der Waals surface area contributed by atoms with E-state index in [9.17, 15) is 0 Å². The lowest BCUT2D eigenvalue weighted by Gasteiger charge is -2.35. The van der Waals surface area contributed by atoms with Crippen LogP contribution in [0.4, 0.5) is 0 Å². The van der Waals surface area contributed by atoms with Crippen molar-refractivity contribution in [1.82, 2.24) is 8.75 Å². The van der Waals surface area contributed by atoms with Gasteiger partial charge >= 0.3 is 0 Å². The fourth-order valence-electron chi connectivity index (χ4n) is 5.20. The lowest BCUT2D eigenvalue weighted by Crippen LogP contribution is -2.34. The second-order valence-corrected chi connectivity index (χ2v) is 12.0. The number of nitrogens with zero attached hydrogens (tertiary/aromatic N) is 2. The van der Waals surface area contributed by atoms with E-state index in [1.807, 2.05) is 24.3 Å². The first-order valence-electron chi connectivity index (χ1n) is 14.5. The summed E-state index contributed by atoms with van der Waals surface area (Å²) < 4.78 is 27.0. The largest absolute Gasteiger partial charge is 0.497 e. The van der Waals surface area contributed by atoms with Crippen LogP contribution in [0, 0.1) is 5.41 Å². The normalized spacial score (nSPS) is 15.8. The summed E-state index contributed by atoms with van der Waals surface area (Å²) in [5.41, 5.74) is 10.2. The number of hydrogen-bond donors (Lipinski definition) is 0. The van der Waals surface area contributed by atoms with Gasteiger partial charge in [-0.25, -0.2) is 0 Å². The fourth-order valence-corrected chi connectivity index (χ4v) is 5.79. The Hall–Kier alpha value is -3.32. The Morgan fingerprint density at radius 3 is 2.00 bits per heavy atom. The topological polar surface area (TPSA) is 53.5 Å². The zero-order chi connectivity index (χ0) is 28.8. The van der Waals surface area contributed by atoms with E-state index in [4.69, 9.17) is 14.2 Å². The van der Waals surface area contributed by atoms with Crippen LogP contribution >= 0.6 is 11.7 Å². The first kappa shape index (κ1) is 29.2. The fraction of sp³-hybridized carbons (Fsp3) is 0.371. The molecule has 0 bridgehead atoms. The molecule has 0 spiro atoms. The van der Waals surface area contributed by atoms with Crippen molar-refractivity contribution >= 4 is 47.1 Å². The van der Waals surface area contributed by atoms with Gasteiger partial charge in [0.05, 0.1) is 32.1 Å². The van der Waals surface area contributed by atoms with Crippen LogP contribution in [0.15, 0.2) is 48.5 Å². The van der Waals surface area contributed by atoms with E-state index in [-0.39, 0.29) is 11.7 Å². The highest BCUT2D eigenvalue weighted by Gasteiger charge is 2.30. The average molecular weight is 569 g/mol. The number of fused-ring (bicyclic) bond motifs is 1. The summed E-state index contributed by atoms with van der Waals surface area (Å²) in [5.74, 6) is 0.850. The van der Waals surface area contributed by atoms with Crippen molar-refractivity contribution in [2.45, 2.75) is 59.7 Å². The molecule has 41 heavy (non-hydrogen) atoms. The molecule has 1 aliphatic heterocycles.